The Morgan fingerprint density at radius 3 is 2.40 bits per heavy atom. The lowest BCUT2D eigenvalue weighted by Gasteiger charge is -2.15. The number of hydrogen-bond acceptors (Lipinski definition) is 5. The highest BCUT2D eigenvalue weighted by Crippen LogP contribution is 2.35. The summed E-state index contributed by atoms with van der Waals surface area (Å²) in [6, 6.07) is 12.0. The summed E-state index contributed by atoms with van der Waals surface area (Å²) in [5.74, 6) is -0.433. The average Bonchev–Trinajstić information content (AvgIpc) is 2.68. The summed E-state index contributed by atoms with van der Waals surface area (Å²) in [6.07, 6.45) is -3.07. The number of alkyl halides is 3. The van der Waals surface area contributed by atoms with E-state index in [1.807, 2.05) is 13.8 Å². The van der Waals surface area contributed by atoms with E-state index in [-0.39, 0.29) is 17.7 Å². The summed E-state index contributed by atoms with van der Waals surface area (Å²) < 4.78 is 59.1. The van der Waals surface area contributed by atoms with Gasteiger partial charge in [-0.2, -0.15) is 18.2 Å². The molecule has 0 radical (unpaired) electrons. The first-order valence-electron chi connectivity index (χ1n) is 9.25. The maximum Gasteiger partial charge on any atom is 0.421 e. The molecule has 0 spiro atoms. The van der Waals surface area contributed by atoms with E-state index in [0.717, 1.165) is 12.5 Å². The van der Waals surface area contributed by atoms with Gasteiger partial charge in [0.05, 0.1) is 6.10 Å². The number of nitrogens with one attached hydrogen (secondary N) is 2. The predicted molar refractivity (Wildman–Crippen MR) is 107 cm³/mol. The van der Waals surface area contributed by atoms with Crippen molar-refractivity contribution in [2.24, 2.45) is 0 Å². The standard InChI is InChI=1S/C21H20F4N4O/c1-3-13(2)30-17-9-7-15(8-10-17)28-20-26-12-18(21(23,24)25)19(29-20)27-16-6-4-5-14(22)11-16/h4-13H,3H2,1-2H3,(H2,26,27,28,29). The molecular formula is C21H20F4N4O. The van der Waals surface area contributed by atoms with Crippen molar-refractivity contribution in [1.82, 2.24) is 9.97 Å². The molecule has 3 rings (SSSR count). The number of aromatic nitrogens is 2. The van der Waals surface area contributed by atoms with Gasteiger partial charge >= 0.3 is 6.18 Å². The monoisotopic (exact) mass is 420 g/mol. The molecule has 0 bridgehead atoms. The topological polar surface area (TPSA) is 59.1 Å². The van der Waals surface area contributed by atoms with Crippen molar-refractivity contribution in [1.29, 1.82) is 0 Å². The van der Waals surface area contributed by atoms with Gasteiger partial charge < -0.3 is 15.4 Å². The van der Waals surface area contributed by atoms with E-state index in [2.05, 4.69) is 20.6 Å². The highest BCUT2D eigenvalue weighted by molar-refractivity contribution is 5.63. The number of nitrogens with zero attached hydrogens (tertiary/aromatic N) is 2. The van der Waals surface area contributed by atoms with Gasteiger partial charge in [0.25, 0.3) is 0 Å². The molecule has 0 saturated heterocycles. The molecule has 0 fully saturated rings. The van der Waals surface area contributed by atoms with Crippen molar-refractivity contribution in [3.05, 3.63) is 66.1 Å². The first kappa shape index (κ1) is 21.4. The minimum atomic E-state index is -4.68. The zero-order valence-electron chi connectivity index (χ0n) is 16.3. The van der Waals surface area contributed by atoms with Crippen LogP contribution in [0.25, 0.3) is 0 Å². The summed E-state index contributed by atoms with van der Waals surface area (Å²) in [6.45, 7) is 3.97. The molecule has 0 amide bonds. The Bertz CT molecular complexity index is 993. The molecule has 2 aromatic carbocycles. The second-order valence-corrected chi connectivity index (χ2v) is 6.58. The quantitative estimate of drug-likeness (QED) is 0.440. The third-order valence-corrected chi connectivity index (χ3v) is 4.20. The van der Waals surface area contributed by atoms with Crippen molar-refractivity contribution >= 4 is 23.1 Å². The molecule has 1 heterocycles. The van der Waals surface area contributed by atoms with Crippen LogP contribution in [-0.2, 0) is 6.18 Å². The fraction of sp³-hybridized carbons (Fsp3) is 0.238. The summed E-state index contributed by atoms with van der Waals surface area (Å²) in [4.78, 5) is 7.69. The highest BCUT2D eigenvalue weighted by Gasteiger charge is 2.35. The Labute approximate surface area is 171 Å². The molecule has 1 atom stereocenters. The number of benzene rings is 2. The van der Waals surface area contributed by atoms with E-state index < -0.39 is 23.4 Å². The molecule has 9 heteroatoms. The maximum atomic E-state index is 13.4. The van der Waals surface area contributed by atoms with E-state index in [4.69, 9.17) is 4.74 Å². The lowest BCUT2D eigenvalue weighted by molar-refractivity contribution is -0.137. The molecule has 5 nitrogen and oxygen atoms in total. The van der Waals surface area contributed by atoms with Crippen molar-refractivity contribution in [3.8, 4) is 5.75 Å². The lowest BCUT2D eigenvalue weighted by atomic mass is 10.2. The first-order chi connectivity index (χ1) is 14.2. The van der Waals surface area contributed by atoms with E-state index in [1.165, 1.54) is 18.2 Å². The molecular weight excluding hydrogens is 400 g/mol. The van der Waals surface area contributed by atoms with E-state index in [9.17, 15) is 17.6 Å². The summed E-state index contributed by atoms with van der Waals surface area (Å²) in [5, 5.41) is 5.37. The van der Waals surface area contributed by atoms with Crippen molar-refractivity contribution < 1.29 is 22.3 Å². The average molecular weight is 420 g/mol. The van der Waals surface area contributed by atoms with Gasteiger partial charge in [-0.25, -0.2) is 9.37 Å². The van der Waals surface area contributed by atoms with E-state index in [1.54, 1.807) is 24.3 Å². The number of halogens is 4. The molecule has 0 saturated carbocycles. The molecule has 158 valence electrons. The smallest absolute Gasteiger partial charge is 0.421 e. The Kier molecular flexibility index (Phi) is 6.39. The number of anilines is 4. The summed E-state index contributed by atoms with van der Waals surface area (Å²) in [5.41, 5.74) is -0.353. The zero-order chi connectivity index (χ0) is 21.7. The van der Waals surface area contributed by atoms with E-state index in [0.29, 0.717) is 17.6 Å². The van der Waals surface area contributed by atoms with Crippen LogP contribution in [0.15, 0.2) is 54.7 Å². The Morgan fingerprint density at radius 1 is 1.03 bits per heavy atom. The van der Waals surface area contributed by atoms with Gasteiger partial charge in [0, 0.05) is 17.6 Å². The highest BCUT2D eigenvalue weighted by atomic mass is 19.4. The molecule has 1 unspecified atom stereocenters. The van der Waals surface area contributed by atoms with Crippen LogP contribution in [0.4, 0.5) is 40.7 Å². The second kappa shape index (κ2) is 8.98. The Hall–Kier alpha value is -3.36. The van der Waals surface area contributed by atoms with Gasteiger partial charge in [-0.3, -0.25) is 0 Å². The molecule has 0 aliphatic heterocycles. The van der Waals surface area contributed by atoms with Gasteiger partial charge in [-0.15, -0.1) is 0 Å². The molecule has 0 aliphatic rings. The van der Waals surface area contributed by atoms with Gasteiger partial charge in [0.2, 0.25) is 5.95 Å². The van der Waals surface area contributed by atoms with Gasteiger partial charge in [0.15, 0.2) is 0 Å². The van der Waals surface area contributed by atoms with Crippen molar-refractivity contribution in [2.75, 3.05) is 10.6 Å². The molecule has 1 aromatic heterocycles. The minimum absolute atomic E-state index is 0.0440. The second-order valence-electron chi connectivity index (χ2n) is 6.58. The lowest BCUT2D eigenvalue weighted by Crippen LogP contribution is -2.12. The molecule has 0 aliphatic carbocycles. The van der Waals surface area contributed by atoms with Gasteiger partial charge in [0.1, 0.15) is 22.9 Å². The minimum Gasteiger partial charge on any atom is -0.491 e. The number of hydrogen-bond donors (Lipinski definition) is 2. The van der Waals surface area contributed by atoms with Crippen LogP contribution < -0.4 is 15.4 Å². The molecule has 3 aromatic rings. The van der Waals surface area contributed by atoms with Crippen molar-refractivity contribution in [3.63, 3.8) is 0 Å². The summed E-state index contributed by atoms with van der Waals surface area (Å²) in [7, 11) is 0. The molecule has 30 heavy (non-hydrogen) atoms. The van der Waals surface area contributed by atoms with Crippen molar-refractivity contribution in [2.45, 2.75) is 32.5 Å². The first-order valence-corrected chi connectivity index (χ1v) is 9.25. The normalized spacial score (nSPS) is 12.3. The summed E-state index contributed by atoms with van der Waals surface area (Å²) >= 11 is 0. The largest absolute Gasteiger partial charge is 0.491 e. The molecule has 2 N–H and O–H groups in total. The Balaban J connectivity index is 1.83. The predicted octanol–water partition coefficient (Wildman–Crippen LogP) is 6.30. The third kappa shape index (κ3) is 5.59. The van der Waals surface area contributed by atoms with Crippen LogP contribution >= 0.6 is 0 Å². The SMILES string of the molecule is CCC(C)Oc1ccc(Nc2ncc(C(F)(F)F)c(Nc3cccc(F)c3)n2)cc1. The van der Waals surface area contributed by atoms with Gasteiger partial charge in [-0.05, 0) is 55.8 Å². The zero-order valence-corrected chi connectivity index (χ0v) is 16.3. The van der Waals surface area contributed by atoms with Crippen LogP contribution in [0.5, 0.6) is 5.75 Å². The maximum absolute atomic E-state index is 13.4. The van der Waals surface area contributed by atoms with Crippen LogP contribution in [0.3, 0.4) is 0 Å². The van der Waals surface area contributed by atoms with Gasteiger partial charge in [-0.1, -0.05) is 13.0 Å². The van der Waals surface area contributed by atoms with Crippen LogP contribution in [0.2, 0.25) is 0 Å². The van der Waals surface area contributed by atoms with E-state index >= 15 is 0 Å². The fourth-order valence-electron chi connectivity index (χ4n) is 2.51. The Morgan fingerprint density at radius 2 is 1.77 bits per heavy atom. The van der Waals surface area contributed by atoms with Crippen LogP contribution in [-0.4, -0.2) is 16.1 Å². The number of ether oxygens (including phenoxy) is 1. The van der Waals surface area contributed by atoms with Crippen LogP contribution in [0.1, 0.15) is 25.8 Å². The number of rotatable bonds is 7. The fourth-order valence-corrected chi connectivity index (χ4v) is 2.51. The third-order valence-electron chi connectivity index (χ3n) is 4.20. The van der Waals surface area contributed by atoms with Crippen LogP contribution in [0, 0.1) is 5.82 Å².